The molecule has 0 unspecified atom stereocenters. The molecule has 9 nitrogen and oxygen atoms in total. The number of piperidine rings is 1. The van der Waals surface area contributed by atoms with Crippen LogP contribution in [0.4, 0.5) is 16.3 Å². The first-order chi connectivity index (χ1) is 16.3. The summed E-state index contributed by atoms with van der Waals surface area (Å²) in [6.07, 6.45) is 2.56. The molecule has 10 heteroatoms. The van der Waals surface area contributed by atoms with Crippen molar-refractivity contribution in [1.29, 1.82) is 0 Å². The van der Waals surface area contributed by atoms with Crippen LogP contribution in [-0.2, 0) is 16.1 Å². The van der Waals surface area contributed by atoms with Crippen LogP contribution in [0.2, 0.25) is 5.02 Å². The highest BCUT2D eigenvalue weighted by atomic mass is 35.5. The molecule has 2 aromatic rings. The van der Waals surface area contributed by atoms with E-state index >= 15 is 0 Å². The number of ether oxygens (including phenoxy) is 1. The van der Waals surface area contributed by atoms with Crippen LogP contribution in [0, 0.1) is 5.92 Å². The molecule has 0 bridgehead atoms. The zero-order valence-corrected chi connectivity index (χ0v) is 19.9. The maximum atomic E-state index is 12.6. The average molecular weight is 488 g/mol. The molecule has 0 saturated carbocycles. The molecular weight excluding hydrogens is 458 g/mol. The summed E-state index contributed by atoms with van der Waals surface area (Å²) in [5.41, 5.74) is 7.54. The summed E-state index contributed by atoms with van der Waals surface area (Å²) in [4.78, 5) is 44.9. The van der Waals surface area contributed by atoms with Gasteiger partial charge in [0.25, 0.3) is 5.91 Å². The van der Waals surface area contributed by atoms with E-state index < -0.39 is 17.9 Å². The second-order valence-corrected chi connectivity index (χ2v) is 9.31. The van der Waals surface area contributed by atoms with Crippen molar-refractivity contribution in [3.8, 4) is 0 Å². The van der Waals surface area contributed by atoms with Crippen molar-refractivity contribution in [1.82, 2.24) is 10.3 Å². The van der Waals surface area contributed by atoms with E-state index in [0.29, 0.717) is 30.5 Å². The van der Waals surface area contributed by atoms with Crippen molar-refractivity contribution in [2.75, 3.05) is 22.9 Å². The van der Waals surface area contributed by atoms with E-state index in [2.05, 4.69) is 10.3 Å². The Kier molecular flexibility index (Phi) is 6.92. The fraction of sp³-hybridized carbons (Fsp3) is 0.417. The molecular formula is C24H30ClN5O4. The van der Waals surface area contributed by atoms with E-state index in [1.165, 1.54) is 6.20 Å². The first-order valence-electron chi connectivity index (χ1n) is 11.3. The summed E-state index contributed by atoms with van der Waals surface area (Å²) in [6.45, 7) is 5.19. The maximum absolute atomic E-state index is 12.6. The topological polar surface area (TPSA) is 118 Å². The molecule has 1 atom stereocenters. The molecule has 0 aliphatic carbocycles. The lowest BCUT2D eigenvalue weighted by molar-refractivity contribution is -0.120. The monoisotopic (exact) mass is 487 g/mol. The van der Waals surface area contributed by atoms with Crippen molar-refractivity contribution in [3.05, 3.63) is 52.7 Å². The Labute approximate surface area is 204 Å². The van der Waals surface area contributed by atoms with Gasteiger partial charge in [0.05, 0.1) is 16.3 Å². The Morgan fingerprint density at radius 3 is 2.62 bits per heavy atom. The molecule has 3 amide bonds. The molecule has 0 radical (unpaired) electrons. The van der Waals surface area contributed by atoms with Gasteiger partial charge in [-0.05, 0) is 30.9 Å². The minimum Gasteiger partial charge on any atom is -0.444 e. The summed E-state index contributed by atoms with van der Waals surface area (Å²) in [7, 11) is 0. The first kappa shape index (κ1) is 23.8. The number of cyclic esters (lactones) is 1. The van der Waals surface area contributed by atoms with E-state index in [0.717, 1.165) is 24.1 Å². The number of fused-ring (bicyclic) bond motifs is 1. The van der Waals surface area contributed by atoms with Gasteiger partial charge in [-0.15, -0.1) is 0 Å². The minimum absolute atomic E-state index is 0. The number of halogens is 1. The van der Waals surface area contributed by atoms with Gasteiger partial charge in [-0.3, -0.25) is 14.5 Å². The Hall–Kier alpha value is -3.33. The van der Waals surface area contributed by atoms with Gasteiger partial charge in [0, 0.05) is 32.3 Å². The molecule has 3 heterocycles. The number of primary amides is 1. The molecule has 2 aliphatic heterocycles. The molecule has 182 valence electrons. The zero-order valence-electron chi connectivity index (χ0n) is 19.2. The lowest BCUT2D eigenvalue weighted by Gasteiger charge is -2.40. The molecule has 1 fully saturated rings. The van der Waals surface area contributed by atoms with Crippen LogP contribution in [-0.4, -0.2) is 48.1 Å². The van der Waals surface area contributed by atoms with E-state index in [4.69, 9.17) is 22.1 Å². The number of rotatable bonds is 6. The van der Waals surface area contributed by atoms with E-state index in [-0.39, 0.29) is 25.0 Å². The van der Waals surface area contributed by atoms with Crippen molar-refractivity contribution >= 4 is 41.0 Å². The molecule has 0 spiro atoms. The number of amides is 3. The molecule has 4 rings (SSSR count). The number of anilines is 2. The molecule has 34 heavy (non-hydrogen) atoms. The SMILES string of the molecule is CC(C)[C@@H](NC(=O)c1cnc(N2CCC(N3C(=O)OCc4ccccc43)CC2)c(Cl)c1)C(N)=O.[HH]. The summed E-state index contributed by atoms with van der Waals surface area (Å²) in [6, 6.07) is 8.56. The quantitative estimate of drug-likeness (QED) is 0.645. The third-order valence-corrected chi connectivity index (χ3v) is 6.55. The number of nitrogens with two attached hydrogens (primary N) is 1. The highest BCUT2D eigenvalue weighted by Gasteiger charge is 2.34. The second kappa shape index (κ2) is 9.89. The Balaban J connectivity index is 0.00000342. The fourth-order valence-electron chi connectivity index (χ4n) is 4.44. The molecule has 1 saturated heterocycles. The number of carbonyl (C=O) groups is 3. The molecule has 1 aromatic heterocycles. The van der Waals surface area contributed by atoms with Gasteiger partial charge in [-0.25, -0.2) is 9.78 Å². The highest BCUT2D eigenvalue weighted by Crippen LogP contribution is 2.33. The van der Waals surface area contributed by atoms with Crippen LogP contribution in [0.1, 0.15) is 44.0 Å². The third kappa shape index (κ3) is 4.79. The largest absolute Gasteiger partial charge is 0.444 e. The van der Waals surface area contributed by atoms with Gasteiger partial charge >= 0.3 is 6.09 Å². The number of para-hydroxylation sites is 1. The second-order valence-electron chi connectivity index (χ2n) is 8.90. The Bertz CT molecular complexity index is 1110. The summed E-state index contributed by atoms with van der Waals surface area (Å²) in [5, 5.41) is 2.98. The normalized spacial score (nSPS) is 17.2. The number of pyridine rings is 1. The van der Waals surface area contributed by atoms with Crippen molar-refractivity contribution < 1.29 is 20.5 Å². The van der Waals surface area contributed by atoms with Crippen molar-refractivity contribution in [3.63, 3.8) is 0 Å². The molecule has 3 N–H and O–H groups in total. The number of hydrogen-bond donors (Lipinski definition) is 2. The van der Waals surface area contributed by atoms with Crippen LogP contribution in [0.15, 0.2) is 36.5 Å². The number of nitrogens with zero attached hydrogens (tertiary/aromatic N) is 3. The van der Waals surface area contributed by atoms with Crippen LogP contribution in [0.25, 0.3) is 0 Å². The minimum atomic E-state index is -0.781. The summed E-state index contributed by atoms with van der Waals surface area (Å²) in [5.74, 6) is -0.621. The van der Waals surface area contributed by atoms with Gasteiger partial charge < -0.3 is 20.7 Å². The van der Waals surface area contributed by atoms with E-state index in [1.54, 1.807) is 24.8 Å². The average Bonchev–Trinajstić information content (AvgIpc) is 2.82. The predicted molar refractivity (Wildman–Crippen MR) is 131 cm³/mol. The van der Waals surface area contributed by atoms with Crippen LogP contribution >= 0.6 is 11.6 Å². The Morgan fingerprint density at radius 1 is 1.26 bits per heavy atom. The third-order valence-electron chi connectivity index (χ3n) is 6.27. The van der Waals surface area contributed by atoms with E-state index in [1.807, 2.05) is 29.2 Å². The lowest BCUT2D eigenvalue weighted by Crippen LogP contribution is -2.49. The standard InChI is InChI=1S/C24H28ClN5O4.H2/c1-14(2)20(21(26)31)28-23(32)16-11-18(25)22(27-12-16)29-9-7-17(8-10-29)30-19-6-4-3-5-15(19)13-34-24(30)33;/h3-6,11-12,14,17,20H,7-10,13H2,1-2H3,(H2,26,31)(H,28,32);1H/t20-;/m1./s1. The van der Waals surface area contributed by atoms with Crippen molar-refractivity contribution in [2.45, 2.75) is 45.4 Å². The highest BCUT2D eigenvalue weighted by molar-refractivity contribution is 6.33. The summed E-state index contributed by atoms with van der Waals surface area (Å²) < 4.78 is 5.37. The number of carbonyl (C=O) groups excluding carboxylic acids is 3. The van der Waals surface area contributed by atoms with Gasteiger partial charge in [0.1, 0.15) is 18.5 Å². The number of nitrogens with one attached hydrogen (secondary N) is 1. The zero-order chi connectivity index (χ0) is 24.4. The number of aromatic nitrogens is 1. The van der Waals surface area contributed by atoms with E-state index in [9.17, 15) is 14.4 Å². The van der Waals surface area contributed by atoms with Gasteiger partial charge in [-0.2, -0.15) is 0 Å². The predicted octanol–water partition coefficient (Wildman–Crippen LogP) is 3.35. The van der Waals surface area contributed by atoms with Gasteiger partial charge in [-0.1, -0.05) is 43.6 Å². The first-order valence-corrected chi connectivity index (χ1v) is 11.7. The summed E-state index contributed by atoms with van der Waals surface area (Å²) >= 11 is 6.48. The number of hydrogen-bond acceptors (Lipinski definition) is 6. The number of benzene rings is 1. The lowest BCUT2D eigenvalue weighted by atomic mass is 10.0. The van der Waals surface area contributed by atoms with Crippen molar-refractivity contribution in [2.24, 2.45) is 11.7 Å². The molecule has 1 aromatic carbocycles. The maximum Gasteiger partial charge on any atom is 0.414 e. The van der Waals surface area contributed by atoms with Crippen LogP contribution in [0.5, 0.6) is 0 Å². The smallest absolute Gasteiger partial charge is 0.414 e. The van der Waals surface area contributed by atoms with Crippen LogP contribution in [0.3, 0.4) is 0 Å². The molecule has 2 aliphatic rings. The fourth-order valence-corrected chi connectivity index (χ4v) is 4.72. The Morgan fingerprint density at radius 2 is 1.97 bits per heavy atom. The van der Waals surface area contributed by atoms with Crippen LogP contribution < -0.4 is 20.9 Å². The van der Waals surface area contributed by atoms with Gasteiger partial charge in [0.2, 0.25) is 5.91 Å². The van der Waals surface area contributed by atoms with Gasteiger partial charge in [0.15, 0.2) is 0 Å².